The van der Waals surface area contributed by atoms with Crippen molar-refractivity contribution < 1.29 is 0 Å². The Morgan fingerprint density at radius 1 is 1.69 bits per heavy atom. The second kappa shape index (κ2) is 3.98. The van der Waals surface area contributed by atoms with Crippen molar-refractivity contribution in [2.24, 2.45) is 0 Å². The van der Waals surface area contributed by atoms with Gasteiger partial charge in [0.1, 0.15) is 5.02 Å². The molecule has 1 aromatic heterocycles. The van der Waals surface area contributed by atoms with Crippen molar-refractivity contribution >= 4 is 17.4 Å². The zero-order chi connectivity index (χ0) is 10.0. The monoisotopic (exact) mass is 202 g/mol. The van der Waals surface area contributed by atoms with Crippen LogP contribution >= 0.6 is 11.6 Å². The Balaban J connectivity index is 2.71. The molecular weight excluding hydrogens is 188 g/mol. The van der Waals surface area contributed by atoms with Gasteiger partial charge in [0.25, 0.3) is 0 Å². The zero-order valence-electron chi connectivity index (χ0n) is 8.16. The highest BCUT2D eigenvalue weighted by atomic mass is 35.5. The summed E-state index contributed by atoms with van der Waals surface area (Å²) < 4.78 is 1.79. The summed E-state index contributed by atoms with van der Waals surface area (Å²) in [5.41, 5.74) is 5.53. The molecule has 0 aliphatic rings. The molecule has 1 unspecified atom stereocenters. The minimum absolute atomic E-state index is 0.282. The Morgan fingerprint density at radius 3 is 2.69 bits per heavy atom. The van der Waals surface area contributed by atoms with Crippen LogP contribution in [0.4, 0.5) is 5.82 Å². The molecule has 0 spiro atoms. The highest BCUT2D eigenvalue weighted by Gasteiger charge is 2.09. The molecule has 0 fully saturated rings. The Labute approximate surface area is 83.3 Å². The van der Waals surface area contributed by atoms with Crippen LogP contribution in [0.2, 0.25) is 5.02 Å². The van der Waals surface area contributed by atoms with E-state index < -0.39 is 0 Å². The van der Waals surface area contributed by atoms with E-state index in [0.717, 1.165) is 6.54 Å². The van der Waals surface area contributed by atoms with Gasteiger partial charge in [-0.05, 0) is 21.0 Å². The van der Waals surface area contributed by atoms with E-state index in [-0.39, 0.29) is 6.04 Å². The molecule has 13 heavy (non-hydrogen) atoms. The van der Waals surface area contributed by atoms with Gasteiger partial charge in [-0.1, -0.05) is 11.6 Å². The highest BCUT2D eigenvalue weighted by Crippen LogP contribution is 2.18. The highest BCUT2D eigenvalue weighted by molar-refractivity contribution is 6.32. The normalized spacial score (nSPS) is 13.6. The van der Waals surface area contributed by atoms with Gasteiger partial charge in [0.05, 0.1) is 6.04 Å². The Hall–Kier alpha value is -0.740. The molecule has 2 N–H and O–H groups in total. The molecule has 1 atom stereocenters. The molecule has 0 saturated carbocycles. The van der Waals surface area contributed by atoms with Gasteiger partial charge in [0, 0.05) is 12.7 Å². The summed E-state index contributed by atoms with van der Waals surface area (Å²) in [5.74, 6) is 0.396. The topological polar surface area (TPSA) is 47.1 Å². The SMILES string of the molecule is CC(CN(C)C)n1cc(Cl)c(N)n1. The number of halogens is 1. The second-order valence-electron chi connectivity index (χ2n) is 3.45. The first kappa shape index (κ1) is 10.3. The predicted octanol–water partition coefficient (Wildman–Crippen LogP) is 1.24. The van der Waals surface area contributed by atoms with E-state index in [1.807, 2.05) is 14.1 Å². The Morgan fingerprint density at radius 2 is 2.31 bits per heavy atom. The van der Waals surface area contributed by atoms with Crippen LogP contribution in [-0.2, 0) is 0 Å². The quantitative estimate of drug-likeness (QED) is 0.803. The van der Waals surface area contributed by atoms with Crippen LogP contribution < -0.4 is 5.73 Å². The van der Waals surface area contributed by atoms with Gasteiger partial charge in [0.2, 0.25) is 0 Å². The second-order valence-corrected chi connectivity index (χ2v) is 3.86. The molecule has 0 amide bonds. The molecule has 4 nitrogen and oxygen atoms in total. The third-order valence-corrected chi connectivity index (χ3v) is 2.09. The molecule has 0 radical (unpaired) electrons. The maximum absolute atomic E-state index is 5.79. The molecule has 1 heterocycles. The maximum Gasteiger partial charge on any atom is 0.164 e. The van der Waals surface area contributed by atoms with Gasteiger partial charge in [-0.2, -0.15) is 5.10 Å². The van der Waals surface area contributed by atoms with Crippen LogP contribution in [0.25, 0.3) is 0 Å². The summed E-state index contributed by atoms with van der Waals surface area (Å²) in [7, 11) is 4.04. The van der Waals surface area contributed by atoms with Gasteiger partial charge in [-0.3, -0.25) is 4.68 Å². The lowest BCUT2D eigenvalue weighted by Gasteiger charge is -2.16. The number of rotatable bonds is 3. The van der Waals surface area contributed by atoms with Gasteiger partial charge in [0.15, 0.2) is 5.82 Å². The van der Waals surface area contributed by atoms with E-state index in [1.54, 1.807) is 10.9 Å². The third kappa shape index (κ3) is 2.60. The van der Waals surface area contributed by atoms with E-state index in [0.29, 0.717) is 10.8 Å². The van der Waals surface area contributed by atoms with Crippen molar-refractivity contribution in [1.29, 1.82) is 0 Å². The Bertz CT molecular complexity index is 262. The van der Waals surface area contributed by atoms with Crippen LogP contribution in [0.15, 0.2) is 6.20 Å². The first-order valence-electron chi connectivity index (χ1n) is 4.15. The maximum atomic E-state index is 5.79. The van der Waals surface area contributed by atoms with Crippen LogP contribution in [0, 0.1) is 0 Å². The van der Waals surface area contributed by atoms with E-state index >= 15 is 0 Å². The number of anilines is 1. The fourth-order valence-electron chi connectivity index (χ4n) is 1.22. The first-order chi connectivity index (χ1) is 6.00. The van der Waals surface area contributed by atoms with Crippen molar-refractivity contribution in [3.05, 3.63) is 11.2 Å². The fourth-order valence-corrected chi connectivity index (χ4v) is 1.36. The van der Waals surface area contributed by atoms with Gasteiger partial charge < -0.3 is 10.6 Å². The largest absolute Gasteiger partial charge is 0.381 e. The molecule has 0 aromatic carbocycles. The number of nitrogens with zero attached hydrogens (tertiary/aromatic N) is 3. The van der Waals surface area contributed by atoms with E-state index in [9.17, 15) is 0 Å². The number of hydrogen-bond donors (Lipinski definition) is 1. The molecule has 0 bridgehead atoms. The molecule has 1 aromatic rings. The number of hydrogen-bond acceptors (Lipinski definition) is 3. The predicted molar refractivity (Wildman–Crippen MR) is 54.9 cm³/mol. The lowest BCUT2D eigenvalue weighted by atomic mass is 10.3. The molecule has 0 aliphatic carbocycles. The summed E-state index contributed by atoms with van der Waals surface area (Å²) in [6.07, 6.45) is 1.76. The molecule has 74 valence electrons. The minimum Gasteiger partial charge on any atom is -0.381 e. The van der Waals surface area contributed by atoms with E-state index in [2.05, 4.69) is 16.9 Å². The average Bonchev–Trinajstić information content (AvgIpc) is 2.31. The summed E-state index contributed by atoms with van der Waals surface area (Å²) in [6, 6.07) is 0.282. The number of aromatic nitrogens is 2. The van der Waals surface area contributed by atoms with Crippen molar-refractivity contribution in [1.82, 2.24) is 14.7 Å². The van der Waals surface area contributed by atoms with Crippen molar-refractivity contribution in [2.45, 2.75) is 13.0 Å². The third-order valence-electron chi connectivity index (χ3n) is 1.79. The number of likely N-dealkylation sites (N-methyl/N-ethyl adjacent to an activating group) is 1. The lowest BCUT2D eigenvalue weighted by molar-refractivity contribution is 0.323. The summed E-state index contributed by atoms with van der Waals surface area (Å²) >= 11 is 5.79. The zero-order valence-corrected chi connectivity index (χ0v) is 8.91. The fraction of sp³-hybridized carbons (Fsp3) is 0.625. The smallest absolute Gasteiger partial charge is 0.164 e. The van der Waals surface area contributed by atoms with Gasteiger partial charge in [-0.15, -0.1) is 0 Å². The van der Waals surface area contributed by atoms with E-state index in [4.69, 9.17) is 17.3 Å². The van der Waals surface area contributed by atoms with Gasteiger partial charge in [-0.25, -0.2) is 0 Å². The average molecular weight is 203 g/mol. The summed E-state index contributed by atoms with van der Waals surface area (Å²) in [4.78, 5) is 2.09. The molecule has 5 heteroatoms. The molecule has 0 aliphatic heterocycles. The van der Waals surface area contributed by atoms with Crippen LogP contribution in [0.3, 0.4) is 0 Å². The van der Waals surface area contributed by atoms with E-state index in [1.165, 1.54) is 0 Å². The number of nitrogen functional groups attached to an aromatic ring is 1. The summed E-state index contributed by atoms with van der Waals surface area (Å²) in [6.45, 7) is 2.99. The van der Waals surface area contributed by atoms with Crippen LogP contribution in [-0.4, -0.2) is 35.3 Å². The van der Waals surface area contributed by atoms with Crippen molar-refractivity contribution in [2.75, 3.05) is 26.4 Å². The molecule has 1 rings (SSSR count). The van der Waals surface area contributed by atoms with Crippen LogP contribution in [0.1, 0.15) is 13.0 Å². The van der Waals surface area contributed by atoms with Gasteiger partial charge >= 0.3 is 0 Å². The lowest BCUT2D eigenvalue weighted by Crippen LogP contribution is -2.22. The van der Waals surface area contributed by atoms with Crippen LogP contribution in [0.5, 0.6) is 0 Å². The Kier molecular flexibility index (Phi) is 3.17. The standard InChI is InChI=1S/C8H15ClN4/c1-6(4-12(2)3)13-5-7(9)8(10)11-13/h5-6H,4H2,1-3H3,(H2,10,11). The molecule has 0 saturated heterocycles. The first-order valence-corrected chi connectivity index (χ1v) is 4.53. The number of nitrogens with two attached hydrogens (primary N) is 1. The van der Waals surface area contributed by atoms with Crippen molar-refractivity contribution in [3.63, 3.8) is 0 Å². The van der Waals surface area contributed by atoms with Crippen molar-refractivity contribution in [3.8, 4) is 0 Å². The summed E-state index contributed by atoms with van der Waals surface area (Å²) in [5, 5.41) is 4.62. The molecular formula is C8H15ClN4. The minimum atomic E-state index is 0.282.